The van der Waals surface area contributed by atoms with Crippen LogP contribution >= 0.6 is 22.6 Å². The number of nitrogens with zero attached hydrogens (tertiary/aromatic N) is 2. The predicted octanol–water partition coefficient (Wildman–Crippen LogP) is 1.44. The van der Waals surface area contributed by atoms with Crippen molar-refractivity contribution in [2.75, 3.05) is 7.05 Å². The van der Waals surface area contributed by atoms with E-state index in [9.17, 15) is 0 Å². The summed E-state index contributed by atoms with van der Waals surface area (Å²) in [5.74, 6) is 0. The summed E-state index contributed by atoms with van der Waals surface area (Å²) < 4.78 is 0.868. The Bertz CT molecular complexity index is 89.7. The Morgan fingerprint density at radius 3 is 2.29 bits per heavy atom. The maximum absolute atomic E-state index is 3.60. The molecule has 0 aliphatic carbocycles. The maximum Gasteiger partial charge on any atom is 0.0898 e. The monoisotopic (exact) mass is 210 g/mol. The molecule has 0 aromatic heterocycles. The van der Waals surface area contributed by atoms with Gasteiger partial charge in [0.25, 0.3) is 0 Å². The highest BCUT2D eigenvalue weighted by Gasteiger charge is 1.86. The van der Waals surface area contributed by atoms with Crippen molar-refractivity contribution < 1.29 is 0 Å². The van der Waals surface area contributed by atoms with Crippen LogP contribution in [-0.2, 0) is 0 Å². The summed E-state index contributed by atoms with van der Waals surface area (Å²) in [5, 5.41) is 5.16. The lowest BCUT2D eigenvalue weighted by Crippen LogP contribution is -2.02. The number of hydrazone groups is 1. The van der Waals surface area contributed by atoms with Gasteiger partial charge >= 0.3 is 0 Å². The van der Waals surface area contributed by atoms with E-state index in [1.807, 2.05) is 0 Å². The van der Waals surface area contributed by atoms with Crippen LogP contribution in [-0.4, -0.2) is 18.8 Å². The zero-order chi connectivity index (χ0) is 5.86. The van der Waals surface area contributed by atoms with Crippen molar-refractivity contribution in [3.05, 3.63) is 10.3 Å². The van der Waals surface area contributed by atoms with E-state index in [0.29, 0.717) is 0 Å². The fourth-order valence-corrected chi connectivity index (χ4v) is 0.229. The topological polar surface area (TPSA) is 15.6 Å². The highest BCUT2D eigenvalue weighted by atomic mass is 127. The van der Waals surface area contributed by atoms with E-state index in [1.54, 1.807) is 12.1 Å². The van der Waals surface area contributed by atoms with Crippen molar-refractivity contribution in [2.45, 2.75) is 0 Å². The van der Waals surface area contributed by atoms with Crippen molar-refractivity contribution in [3.8, 4) is 0 Å². The third-order valence-corrected chi connectivity index (χ3v) is 1.26. The fraction of sp³-hybridized carbons (Fsp3) is 0.250. The van der Waals surface area contributed by atoms with Crippen LogP contribution in [0, 0.1) is 0 Å². The maximum atomic E-state index is 3.60. The summed E-state index contributed by atoms with van der Waals surface area (Å²) in [7, 11) is 1.79. The Labute approximate surface area is 57.0 Å². The molecule has 0 unspecified atom stereocenters. The van der Waals surface area contributed by atoms with Crippen LogP contribution < -0.4 is 0 Å². The largest absolute Gasteiger partial charge is 0.264 e. The zero-order valence-electron chi connectivity index (χ0n) is 4.19. The Kier molecular flexibility index (Phi) is 2.98. The van der Waals surface area contributed by atoms with Gasteiger partial charge < -0.3 is 0 Å². The predicted molar refractivity (Wildman–Crippen MR) is 40.5 cm³/mol. The molecule has 0 N–H and O–H groups in total. The van der Waals surface area contributed by atoms with Crippen molar-refractivity contribution in [1.29, 1.82) is 0 Å². The SMILES string of the molecule is C=NN(C)C(=C)I. The molecule has 3 heteroatoms. The van der Waals surface area contributed by atoms with Crippen molar-refractivity contribution in [2.24, 2.45) is 5.10 Å². The lowest BCUT2D eigenvalue weighted by atomic mass is 11.0. The van der Waals surface area contributed by atoms with Crippen molar-refractivity contribution in [3.63, 3.8) is 0 Å². The molecular formula is C4H7IN2. The first-order chi connectivity index (χ1) is 3.18. The zero-order valence-corrected chi connectivity index (χ0v) is 6.34. The second-order valence-electron chi connectivity index (χ2n) is 1.04. The molecule has 0 saturated heterocycles. The van der Waals surface area contributed by atoms with Crippen LogP contribution in [0.3, 0.4) is 0 Å². The van der Waals surface area contributed by atoms with E-state index in [1.165, 1.54) is 0 Å². The third-order valence-electron chi connectivity index (χ3n) is 0.563. The molecule has 0 radical (unpaired) electrons. The standard InChI is InChI=1S/C4H7IN2/c1-4(5)7(3)6-2/h1-2H2,3H3. The van der Waals surface area contributed by atoms with Crippen LogP contribution in [0.5, 0.6) is 0 Å². The lowest BCUT2D eigenvalue weighted by Gasteiger charge is -2.06. The second-order valence-corrected chi connectivity index (χ2v) is 2.29. The summed E-state index contributed by atoms with van der Waals surface area (Å²) in [6, 6.07) is 0. The molecule has 0 aromatic carbocycles. The van der Waals surface area contributed by atoms with Crippen LogP contribution in [0.25, 0.3) is 0 Å². The van der Waals surface area contributed by atoms with Gasteiger partial charge in [0.1, 0.15) is 0 Å². The van der Waals surface area contributed by atoms with E-state index in [2.05, 4.69) is 41.0 Å². The van der Waals surface area contributed by atoms with E-state index in [-0.39, 0.29) is 0 Å². The van der Waals surface area contributed by atoms with Gasteiger partial charge in [0, 0.05) is 13.8 Å². The van der Waals surface area contributed by atoms with Gasteiger partial charge in [-0.2, -0.15) is 5.10 Å². The third kappa shape index (κ3) is 2.61. The van der Waals surface area contributed by atoms with Crippen LogP contribution in [0.1, 0.15) is 0 Å². The van der Waals surface area contributed by atoms with E-state index in [4.69, 9.17) is 0 Å². The molecule has 0 bridgehead atoms. The molecule has 0 spiro atoms. The van der Waals surface area contributed by atoms with E-state index < -0.39 is 0 Å². The Balaban J connectivity index is 3.55. The van der Waals surface area contributed by atoms with Crippen LogP contribution in [0.15, 0.2) is 15.4 Å². The minimum Gasteiger partial charge on any atom is -0.264 e. The van der Waals surface area contributed by atoms with E-state index >= 15 is 0 Å². The molecule has 0 amide bonds. The first kappa shape index (κ1) is 6.94. The first-order valence-electron chi connectivity index (χ1n) is 1.73. The number of hydrogen-bond acceptors (Lipinski definition) is 2. The summed E-state index contributed by atoms with van der Waals surface area (Å²) in [5.41, 5.74) is 0. The fourth-order valence-electron chi connectivity index (χ4n) is 0.0767. The summed E-state index contributed by atoms with van der Waals surface area (Å²) in [6.45, 7) is 6.90. The van der Waals surface area contributed by atoms with E-state index in [0.717, 1.165) is 3.70 Å². The summed E-state index contributed by atoms with van der Waals surface area (Å²) >= 11 is 2.07. The number of rotatable bonds is 2. The molecule has 0 saturated carbocycles. The van der Waals surface area contributed by atoms with Crippen LogP contribution in [0.2, 0.25) is 0 Å². The summed E-state index contributed by atoms with van der Waals surface area (Å²) in [4.78, 5) is 0. The van der Waals surface area contributed by atoms with Crippen LogP contribution in [0.4, 0.5) is 0 Å². The normalized spacial score (nSPS) is 7.71. The lowest BCUT2D eigenvalue weighted by molar-refractivity contribution is 0.491. The van der Waals surface area contributed by atoms with Gasteiger partial charge in [-0.15, -0.1) is 0 Å². The Hall–Kier alpha value is -0.0600. The smallest absolute Gasteiger partial charge is 0.0898 e. The number of halogens is 1. The van der Waals surface area contributed by atoms with Gasteiger partial charge in [-0.3, -0.25) is 5.01 Å². The summed E-state index contributed by atoms with van der Waals surface area (Å²) in [6.07, 6.45) is 0. The highest BCUT2D eigenvalue weighted by molar-refractivity contribution is 14.1. The molecule has 40 valence electrons. The molecule has 0 aliphatic rings. The van der Waals surface area contributed by atoms with Gasteiger partial charge in [-0.05, 0) is 22.6 Å². The van der Waals surface area contributed by atoms with Crippen molar-refractivity contribution >= 4 is 29.3 Å². The molecule has 0 heterocycles. The van der Waals surface area contributed by atoms with Gasteiger partial charge in [0.2, 0.25) is 0 Å². The molecule has 7 heavy (non-hydrogen) atoms. The average molecular weight is 210 g/mol. The Morgan fingerprint density at radius 2 is 2.29 bits per heavy atom. The minimum absolute atomic E-state index is 0.868. The molecular weight excluding hydrogens is 203 g/mol. The molecule has 0 atom stereocenters. The van der Waals surface area contributed by atoms with Gasteiger partial charge in [0.05, 0.1) is 3.70 Å². The highest BCUT2D eigenvalue weighted by Crippen LogP contribution is 2.05. The average Bonchev–Trinajstić information content (AvgIpc) is 1.65. The molecule has 0 aliphatic heterocycles. The second kappa shape index (κ2) is 3.01. The molecule has 2 nitrogen and oxygen atoms in total. The van der Waals surface area contributed by atoms with Gasteiger partial charge in [0.15, 0.2) is 0 Å². The Morgan fingerprint density at radius 1 is 1.86 bits per heavy atom. The van der Waals surface area contributed by atoms with Crippen molar-refractivity contribution in [1.82, 2.24) is 5.01 Å². The molecule has 0 rings (SSSR count). The van der Waals surface area contributed by atoms with Gasteiger partial charge in [-0.25, -0.2) is 0 Å². The van der Waals surface area contributed by atoms with Gasteiger partial charge in [-0.1, -0.05) is 6.58 Å². The quantitative estimate of drug-likeness (QED) is 0.291. The number of hydrogen-bond donors (Lipinski definition) is 0. The minimum atomic E-state index is 0.868. The molecule has 0 aromatic rings. The molecule has 0 fully saturated rings. The first-order valence-corrected chi connectivity index (χ1v) is 2.81.